The van der Waals surface area contributed by atoms with Crippen LogP contribution in [0.15, 0.2) is 22.7 Å². The Bertz CT molecular complexity index is 398. The molecule has 1 aromatic carbocycles. The van der Waals surface area contributed by atoms with E-state index in [4.69, 9.17) is 11.2 Å². The summed E-state index contributed by atoms with van der Waals surface area (Å²) in [6.07, 6.45) is 8.17. The number of ether oxygens (including phenoxy) is 1. The van der Waals surface area contributed by atoms with E-state index in [9.17, 15) is 0 Å². The van der Waals surface area contributed by atoms with Crippen molar-refractivity contribution in [3.63, 3.8) is 0 Å². The highest BCUT2D eigenvalue weighted by Gasteiger charge is 2.10. The summed E-state index contributed by atoms with van der Waals surface area (Å²) < 4.78 is 6.20. The monoisotopic (exact) mass is 295 g/mol. The van der Waals surface area contributed by atoms with Gasteiger partial charge in [-0.25, -0.2) is 0 Å². The Morgan fingerprint density at radius 2 is 2.29 bits per heavy atom. The van der Waals surface area contributed by atoms with Crippen molar-refractivity contribution in [3.8, 4) is 18.1 Å². The Morgan fingerprint density at radius 1 is 1.53 bits per heavy atom. The maximum Gasteiger partial charge on any atom is 0.133 e. The molecule has 1 rings (SSSR count). The summed E-state index contributed by atoms with van der Waals surface area (Å²) in [7, 11) is 3.64. The molecule has 0 radical (unpaired) electrons. The molecule has 17 heavy (non-hydrogen) atoms. The van der Waals surface area contributed by atoms with E-state index in [1.807, 2.05) is 13.1 Å². The lowest BCUT2D eigenvalue weighted by Crippen LogP contribution is -2.16. The Morgan fingerprint density at radius 3 is 2.82 bits per heavy atom. The van der Waals surface area contributed by atoms with Crippen LogP contribution in [0.4, 0.5) is 0 Å². The molecular weight excluding hydrogens is 278 g/mol. The fourth-order valence-corrected chi connectivity index (χ4v) is 2.34. The smallest absolute Gasteiger partial charge is 0.133 e. The number of hydrogen-bond donors (Lipinski definition) is 1. The molecule has 1 atom stereocenters. The Hall–Kier alpha value is -0.980. The van der Waals surface area contributed by atoms with Crippen LogP contribution in [-0.2, 0) is 0 Å². The van der Waals surface area contributed by atoms with E-state index in [0.29, 0.717) is 6.04 Å². The molecule has 0 fully saturated rings. The summed E-state index contributed by atoms with van der Waals surface area (Å²) in [6, 6.07) is 6.49. The van der Waals surface area contributed by atoms with Crippen molar-refractivity contribution in [3.05, 3.63) is 28.2 Å². The van der Waals surface area contributed by atoms with E-state index < -0.39 is 0 Å². The third-order valence-electron chi connectivity index (χ3n) is 2.74. The Kier molecular flexibility index (Phi) is 6.10. The normalized spacial score (nSPS) is 11.9. The molecule has 0 amide bonds. The van der Waals surface area contributed by atoms with Gasteiger partial charge < -0.3 is 10.1 Å². The first kappa shape index (κ1) is 14.1. The number of halogens is 1. The quantitative estimate of drug-likeness (QED) is 0.640. The number of hydrogen-bond acceptors (Lipinski definition) is 2. The van der Waals surface area contributed by atoms with Crippen LogP contribution in [0.25, 0.3) is 0 Å². The number of terminal acetylenes is 1. The summed E-state index contributed by atoms with van der Waals surface area (Å²) in [4.78, 5) is 0. The third kappa shape index (κ3) is 4.07. The van der Waals surface area contributed by atoms with Crippen LogP contribution in [0.5, 0.6) is 5.75 Å². The summed E-state index contributed by atoms with van der Waals surface area (Å²) in [6.45, 7) is 0. The Balaban J connectivity index is 2.75. The molecule has 0 saturated carbocycles. The lowest BCUT2D eigenvalue weighted by Gasteiger charge is -2.17. The number of rotatable bonds is 6. The van der Waals surface area contributed by atoms with Crippen LogP contribution >= 0.6 is 15.9 Å². The zero-order valence-electron chi connectivity index (χ0n) is 10.3. The molecule has 0 spiro atoms. The average Bonchev–Trinajstić information content (AvgIpc) is 2.35. The van der Waals surface area contributed by atoms with Crippen LogP contribution in [0.2, 0.25) is 0 Å². The van der Waals surface area contributed by atoms with Gasteiger partial charge in [-0.15, -0.1) is 12.3 Å². The molecule has 1 unspecified atom stereocenters. The van der Waals surface area contributed by atoms with Gasteiger partial charge >= 0.3 is 0 Å². The first-order valence-corrected chi connectivity index (χ1v) is 6.46. The third-order valence-corrected chi connectivity index (χ3v) is 3.36. The molecule has 0 saturated heterocycles. The van der Waals surface area contributed by atoms with Crippen LogP contribution in [0, 0.1) is 12.3 Å². The molecule has 3 heteroatoms. The van der Waals surface area contributed by atoms with Gasteiger partial charge in [-0.3, -0.25) is 0 Å². The molecule has 0 aromatic heterocycles. The lowest BCUT2D eigenvalue weighted by molar-refractivity contribution is 0.411. The number of unbranched alkanes of at least 4 members (excludes halogenated alkanes) is 1. The zero-order chi connectivity index (χ0) is 12.7. The molecule has 92 valence electrons. The zero-order valence-corrected chi connectivity index (χ0v) is 11.9. The molecule has 0 aliphatic heterocycles. The minimum absolute atomic E-state index is 0.338. The molecule has 2 nitrogen and oxygen atoms in total. The van der Waals surface area contributed by atoms with Crippen molar-refractivity contribution >= 4 is 15.9 Å². The van der Waals surface area contributed by atoms with Gasteiger partial charge in [0.25, 0.3) is 0 Å². The van der Waals surface area contributed by atoms with E-state index in [0.717, 1.165) is 29.5 Å². The van der Waals surface area contributed by atoms with Crippen LogP contribution in [0.3, 0.4) is 0 Å². The number of nitrogens with one attached hydrogen (secondary N) is 1. The van der Waals surface area contributed by atoms with Gasteiger partial charge in [0, 0.05) is 12.5 Å². The SMILES string of the molecule is C#CCCCC(NC)c1ccc(OC)c(Br)c1. The van der Waals surface area contributed by atoms with Crippen molar-refractivity contribution in [2.45, 2.75) is 25.3 Å². The van der Waals surface area contributed by atoms with E-state index in [2.05, 4.69) is 39.3 Å². The standard InChI is InChI=1S/C14H18BrNO/c1-4-5-6-7-13(16-2)11-8-9-14(17-3)12(15)10-11/h1,8-10,13,16H,5-7H2,2-3H3. The van der Waals surface area contributed by atoms with Crippen LogP contribution in [0.1, 0.15) is 30.9 Å². The number of benzene rings is 1. The highest BCUT2D eigenvalue weighted by Crippen LogP contribution is 2.29. The van der Waals surface area contributed by atoms with E-state index in [1.165, 1.54) is 5.56 Å². The van der Waals surface area contributed by atoms with E-state index in [-0.39, 0.29) is 0 Å². The van der Waals surface area contributed by atoms with Gasteiger partial charge in [-0.05, 0) is 53.5 Å². The minimum Gasteiger partial charge on any atom is -0.496 e. The summed E-state index contributed by atoms with van der Waals surface area (Å²) in [5, 5.41) is 3.31. The van der Waals surface area contributed by atoms with Crippen molar-refractivity contribution in [2.75, 3.05) is 14.2 Å². The first-order valence-electron chi connectivity index (χ1n) is 5.67. The van der Waals surface area contributed by atoms with Gasteiger partial charge in [-0.2, -0.15) is 0 Å². The fraction of sp³-hybridized carbons (Fsp3) is 0.429. The first-order chi connectivity index (χ1) is 8.22. The highest BCUT2D eigenvalue weighted by molar-refractivity contribution is 9.10. The second-order valence-corrected chi connectivity index (χ2v) is 4.69. The molecule has 0 bridgehead atoms. The van der Waals surface area contributed by atoms with Gasteiger partial charge in [0.15, 0.2) is 0 Å². The molecule has 0 heterocycles. The largest absolute Gasteiger partial charge is 0.496 e. The molecule has 0 aliphatic rings. The van der Waals surface area contributed by atoms with E-state index in [1.54, 1.807) is 7.11 Å². The average molecular weight is 296 g/mol. The molecule has 0 aliphatic carbocycles. The van der Waals surface area contributed by atoms with Gasteiger partial charge in [0.2, 0.25) is 0 Å². The van der Waals surface area contributed by atoms with Crippen LogP contribution < -0.4 is 10.1 Å². The topological polar surface area (TPSA) is 21.3 Å². The predicted molar refractivity (Wildman–Crippen MR) is 75.2 cm³/mol. The minimum atomic E-state index is 0.338. The van der Waals surface area contributed by atoms with Crippen molar-refractivity contribution < 1.29 is 4.74 Å². The Labute approximate surface area is 112 Å². The van der Waals surface area contributed by atoms with Gasteiger partial charge in [0.05, 0.1) is 11.6 Å². The van der Waals surface area contributed by atoms with Gasteiger partial charge in [0.1, 0.15) is 5.75 Å². The lowest BCUT2D eigenvalue weighted by atomic mass is 10.0. The second kappa shape index (κ2) is 7.37. The molecule has 1 aromatic rings. The van der Waals surface area contributed by atoms with Crippen molar-refractivity contribution in [2.24, 2.45) is 0 Å². The summed E-state index contributed by atoms with van der Waals surface area (Å²) in [5.41, 5.74) is 1.25. The maximum atomic E-state index is 5.26. The molecular formula is C14H18BrNO. The fourth-order valence-electron chi connectivity index (χ4n) is 1.79. The van der Waals surface area contributed by atoms with Crippen molar-refractivity contribution in [1.82, 2.24) is 5.32 Å². The van der Waals surface area contributed by atoms with Gasteiger partial charge in [-0.1, -0.05) is 6.07 Å². The van der Waals surface area contributed by atoms with Crippen LogP contribution in [-0.4, -0.2) is 14.2 Å². The number of methoxy groups -OCH3 is 1. The van der Waals surface area contributed by atoms with E-state index >= 15 is 0 Å². The summed E-state index contributed by atoms with van der Waals surface area (Å²) >= 11 is 3.50. The summed E-state index contributed by atoms with van der Waals surface area (Å²) in [5.74, 6) is 3.53. The highest BCUT2D eigenvalue weighted by atomic mass is 79.9. The molecule has 1 N–H and O–H groups in total. The maximum absolute atomic E-state index is 5.26. The van der Waals surface area contributed by atoms with Crippen molar-refractivity contribution in [1.29, 1.82) is 0 Å². The second-order valence-electron chi connectivity index (χ2n) is 3.83. The predicted octanol–water partition coefficient (Wildman–Crippen LogP) is 3.52.